The molecule has 0 aliphatic carbocycles. The van der Waals surface area contributed by atoms with Gasteiger partial charge in [-0.15, -0.1) is 0 Å². The molecule has 13 heavy (non-hydrogen) atoms. The Labute approximate surface area is 85.7 Å². The van der Waals surface area contributed by atoms with Gasteiger partial charge in [-0.2, -0.15) is 16.1 Å². The number of thioether (sulfide) groups is 1. The molecule has 2 aliphatic heterocycles. The predicted octanol–water partition coefficient (Wildman–Crippen LogP) is 1.40. The molecule has 1 aromatic rings. The minimum Gasteiger partial charge on any atom is -0.345 e. The number of nitrogens with zero attached hydrogens (tertiary/aromatic N) is 3. The van der Waals surface area contributed by atoms with Gasteiger partial charge in [-0.25, -0.2) is 4.98 Å². The fourth-order valence-corrected chi connectivity index (χ4v) is 3.71. The van der Waals surface area contributed by atoms with E-state index in [-0.39, 0.29) is 0 Å². The minimum atomic E-state index is 0.657. The molecule has 0 amide bonds. The first kappa shape index (κ1) is 8.05. The molecular formula is C8H11N3S2. The van der Waals surface area contributed by atoms with Gasteiger partial charge in [0.2, 0.25) is 5.13 Å². The van der Waals surface area contributed by atoms with Crippen molar-refractivity contribution in [3.63, 3.8) is 0 Å². The summed E-state index contributed by atoms with van der Waals surface area (Å²) in [6.45, 7) is 4.36. The van der Waals surface area contributed by atoms with E-state index in [1.165, 1.54) is 36.1 Å². The molecule has 1 aromatic heterocycles. The monoisotopic (exact) mass is 213 g/mol. The van der Waals surface area contributed by atoms with Crippen molar-refractivity contribution in [2.45, 2.75) is 6.92 Å². The van der Waals surface area contributed by atoms with Crippen LogP contribution in [0.4, 0.5) is 5.13 Å². The van der Waals surface area contributed by atoms with Gasteiger partial charge in [0, 0.05) is 41.5 Å². The number of hydrogen-bond acceptors (Lipinski definition) is 5. The molecule has 3 nitrogen and oxygen atoms in total. The molecular weight excluding hydrogens is 202 g/mol. The van der Waals surface area contributed by atoms with Crippen molar-refractivity contribution in [2.75, 3.05) is 29.5 Å². The highest BCUT2D eigenvalue weighted by atomic mass is 32.2. The van der Waals surface area contributed by atoms with Crippen molar-refractivity contribution >= 4 is 28.4 Å². The molecule has 0 bridgehead atoms. The van der Waals surface area contributed by atoms with Crippen LogP contribution in [-0.4, -0.2) is 34.0 Å². The van der Waals surface area contributed by atoms with Gasteiger partial charge in [0.1, 0.15) is 5.82 Å². The lowest BCUT2D eigenvalue weighted by Crippen LogP contribution is -2.63. The van der Waals surface area contributed by atoms with Gasteiger partial charge in [-0.3, -0.25) is 0 Å². The van der Waals surface area contributed by atoms with Gasteiger partial charge < -0.3 is 4.90 Å². The molecule has 3 heterocycles. The molecule has 0 atom stereocenters. The van der Waals surface area contributed by atoms with Crippen LogP contribution in [0.15, 0.2) is 0 Å². The Morgan fingerprint density at radius 1 is 1.38 bits per heavy atom. The molecule has 1 spiro atoms. The third kappa shape index (κ3) is 1.17. The molecule has 2 saturated heterocycles. The van der Waals surface area contributed by atoms with Crippen LogP contribution in [0, 0.1) is 12.3 Å². The van der Waals surface area contributed by atoms with E-state index in [9.17, 15) is 0 Å². The van der Waals surface area contributed by atoms with E-state index in [0.29, 0.717) is 5.41 Å². The number of aryl methyl sites for hydroxylation is 1. The van der Waals surface area contributed by atoms with E-state index in [1.54, 1.807) is 0 Å². The first-order valence-electron chi connectivity index (χ1n) is 4.41. The van der Waals surface area contributed by atoms with Gasteiger partial charge in [-0.1, -0.05) is 0 Å². The van der Waals surface area contributed by atoms with E-state index >= 15 is 0 Å². The maximum absolute atomic E-state index is 4.38. The molecule has 0 unspecified atom stereocenters. The van der Waals surface area contributed by atoms with Crippen LogP contribution in [0.1, 0.15) is 5.82 Å². The molecule has 70 valence electrons. The van der Waals surface area contributed by atoms with Crippen molar-refractivity contribution in [1.29, 1.82) is 0 Å². The quantitative estimate of drug-likeness (QED) is 0.705. The van der Waals surface area contributed by atoms with Crippen LogP contribution in [0.2, 0.25) is 0 Å². The largest absolute Gasteiger partial charge is 0.345 e. The lowest BCUT2D eigenvalue weighted by atomic mass is 9.83. The maximum atomic E-state index is 4.38. The maximum Gasteiger partial charge on any atom is 0.205 e. The van der Waals surface area contributed by atoms with Gasteiger partial charge in [0.25, 0.3) is 0 Å². The summed E-state index contributed by atoms with van der Waals surface area (Å²) >= 11 is 3.59. The summed E-state index contributed by atoms with van der Waals surface area (Å²) in [4.78, 5) is 6.73. The van der Waals surface area contributed by atoms with E-state index in [2.05, 4.69) is 26.0 Å². The van der Waals surface area contributed by atoms with E-state index in [4.69, 9.17) is 0 Å². The highest BCUT2D eigenvalue weighted by Crippen LogP contribution is 2.46. The molecule has 2 aliphatic rings. The van der Waals surface area contributed by atoms with Gasteiger partial charge in [-0.05, 0) is 6.92 Å². The summed E-state index contributed by atoms with van der Waals surface area (Å²) < 4.78 is 4.19. The second-order valence-electron chi connectivity index (χ2n) is 3.97. The molecule has 0 saturated carbocycles. The van der Waals surface area contributed by atoms with Crippen molar-refractivity contribution in [2.24, 2.45) is 5.41 Å². The molecule has 2 fully saturated rings. The Morgan fingerprint density at radius 2 is 2.15 bits per heavy atom. The van der Waals surface area contributed by atoms with Crippen LogP contribution < -0.4 is 4.90 Å². The van der Waals surface area contributed by atoms with Crippen LogP contribution >= 0.6 is 23.3 Å². The fraction of sp³-hybridized carbons (Fsp3) is 0.750. The SMILES string of the molecule is Cc1nsc(N2CC3(CSC3)C2)n1. The predicted molar refractivity (Wildman–Crippen MR) is 56.6 cm³/mol. The average molecular weight is 213 g/mol. The summed E-state index contributed by atoms with van der Waals surface area (Å²) in [5.74, 6) is 3.60. The van der Waals surface area contributed by atoms with Crippen molar-refractivity contribution < 1.29 is 0 Å². The number of anilines is 1. The first-order valence-corrected chi connectivity index (χ1v) is 6.33. The third-order valence-corrected chi connectivity index (χ3v) is 5.16. The zero-order chi connectivity index (χ0) is 8.89. The molecule has 5 heteroatoms. The second kappa shape index (κ2) is 2.60. The minimum absolute atomic E-state index is 0.657. The Hall–Kier alpha value is -0.290. The van der Waals surface area contributed by atoms with Crippen molar-refractivity contribution in [1.82, 2.24) is 9.36 Å². The Morgan fingerprint density at radius 3 is 2.62 bits per heavy atom. The summed E-state index contributed by atoms with van der Waals surface area (Å²) in [6, 6.07) is 0. The number of aromatic nitrogens is 2. The normalized spacial score (nSPS) is 24.2. The number of rotatable bonds is 1. The fourth-order valence-electron chi connectivity index (χ4n) is 1.89. The molecule has 3 rings (SSSR count). The van der Waals surface area contributed by atoms with Gasteiger partial charge in [0.15, 0.2) is 0 Å². The third-order valence-electron chi connectivity index (χ3n) is 2.66. The summed E-state index contributed by atoms with van der Waals surface area (Å²) in [5, 5.41) is 1.11. The topological polar surface area (TPSA) is 29.0 Å². The van der Waals surface area contributed by atoms with Crippen molar-refractivity contribution in [3.8, 4) is 0 Å². The smallest absolute Gasteiger partial charge is 0.205 e. The standard InChI is InChI=1S/C8H11N3S2/c1-6-9-7(13-10-6)11-2-8(3-11)4-12-5-8/h2-5H2,1H3. The van der Waals surface area contributed by atoms with Gasteiger partial charge in [0.05, 0.1) is 0 Å². The second-order valence-corrected chi connectivity index (χ2v) is 5.69. The van der Waals surface area contributed by atoms with Crippen molar-refractivity contribution in [3.05, 3.63) is 5.82 Å². The average Bonchev–Trinajstić information content (AvgIpc) is 2.29. The highest BCUT2D eigenvalue weighted by Gasteiger charge is 2.48. The Balaban J connectivity index is 1.70. The van der Waals surface area contributed by atoms with E-state index in [1.807, 2.05) is 6.92 Å². The number of hydrogen-bond donors (Lipinski definition) is 0. The van der Waals surface area contributed by atoms with Crippen LogP contribution in [0.3, 0.4) is 0 Å². The lowest BCUT2D eigenvalue weighted by molar-refractivity contribution is 0.272. The van der Waals surface area contributed by atoms with Crippen LogP contribution in [0.25, 0.3) is 0 Å². The van der Waals surface area contributed by atoms with Crippen LogP contribution in [0.5, 0.6) is 0 Å². The zero-order valence-corrected chi connectivity index (χ0v) is 9.12. The molecule has 0 N–H and O–H groups in total. The summed E-state index contributed by atoms with van der Waals surface area (Å²) in [7, 11) is 0. The Bertz CT molecular complexity index is 324. The van der Waals surface area contributed by atoms with E-state index < -0.39 is 0 Å². The Kier molecular flexibility index (Phi) is 1.61. The first-order chi connectivity index (χ1) is 6.27. The highest BCUT2D eigenvalue weighted by molar-refractivity contribution is 8.00. The molecule has 0 radical (unpaired) electrons. The van der Waals surface area contributed by atoms with Gasteiger partial charge >= 0.3 is 0 Å². The summed E-state index contributed by atoms with van der Waals surface area (Å²) in [6.07, 6.45) is 0. The van der Waals surface area contributed by atoms with E-state index in [0.717, 1.165) is 11.0 Å². The molecule has 0 aromatic carbocycles. The lowest BCUT2D eigenvalue weighted by Gasteiger charge is -2.55. The zero-order valence-electron chi connectivity index (χ0n) is 7.49. The van der Waals surface area contributed by atoms with Crippen LogP contribution in [-0.2, 0) is 0 Å². The summed E-state index contributed by atoms with van der Waals surface area (Å²) in [5.41, 5.74) is 0.657.